The van der Waals surface area contributed by atoms with E-state index in [0.717, 1.165) is 15.6 Å². The second kappa shape index (κ2) is 10.9. The molecule has 6 nitrogen and oxygen atoms in total. The number of amides is 1. The SMILES string of the molecule is COCCN1C(=O)C(=O)C(=C(O)c2ccc(OCc3cccc(C)c3)cc2)[C@H]1c1cccc(Br)c1. The summed E-state index contributed by atoms with van der Waals surface area (Å²) in [6.07, 6.45) is 0. The van der Waals surface area contributed by atoms with Gasteiger partial charge in [-0.2, -0.15) is 0 Å². The number of hydrogen-bond donors (Lipinski definition) is 1. The summed E-state index contributed by atoms with van der Waals surface area (Å²) in [7, 11) is 1.54. The number of hydrogen-bond acceptors (Lipinski definition) is 5. The zero-order valence-electron chi connectivity index (χ0n) is 19.5. The van der Waals surface area contributed by atoms with Crippen molar-refractivity contribution in [1.82, 2.24) is 4.90 Å². The van der Waals surface area contributed by atoms with Crippen molar-refractivity contribution in [2.24, 2.45) is 0 Å². The van der Waals surface area contributed by atoms with E-state index in [9.17, 15) is 14.7 Å². The Kier molecular flexibility index (Phi) is 7.68. The van der Waals surface area contributed by atoms with Crippen LogP contribution < -0.4 is 4.74 Å². The first-order valence-corrected chi connectivity index (χ1v) is 12.0. The number of likely N-dealkylation sites (tertiary alicyclic amines) is 1. The normalized spacial score (nSPS) is 17.1. The maximum Gasteiger partial charge on any atom is 0.295 e. The van der Waals surface area contributed by atoms with Gasteiger partial charge in [0.1, 0.15) is 18.1 Å². The molecular weight excluding hydrogens is 510 g/mol. The van der Waals surface area contributed by atoms with Crippen LogP contribution in [0.15, 0.2) is 82.8 Å². The van der Waals surface area contributed by atoms with Crippen LogP contribution in [0.1, 0.15) is 28.3 Å². The maximum atomic E-state index is 13.0. The number of carbonyl (C=O) groups excluding carboxylic acids is 2. The Labute approximate surface area is 212 Å². The molecule has 35 heavy (non-hydrogen) atoms. The smallest absolute Gasteiger partial charge is 0.295 e. The van der Waals surface area contributed by atoms with Crippen molar-refractivity contribution in [1.29, 1.82) is 0 Å². The summed E-state index contributed by atoms with van der Waals surface area (Å²) < 4.78 is 11.8. The van der Waals surface area contributed by atoms with Crippen molar-refractivity contribution in [3.63, 3.8) is 0 Å². The van der Waals surface area contributed by atoms with Crippen LogP contribution in [-0.2, 0) is 20.9 Å². The van der Waals surface area contributed by atoms with Gasteiger partial charge in [0.25, 0.3) is 11.7 Å². The highest BCUT2D eigenvalue weighted by Gasteiger charge is 2.45. The van der Waals surface area contributed by atoms with Crippen molar-refractivity contribution in [3.8, 4) is 5.75 Å². The second-order valence-corrected chi connectivity index (χ2v) is 9.26. The number of nitrogens with zero attached hydrogens (tertiary/aromatic N) is 1. The molecule has 4 rings (SSSR count). The summed E-state index contributed by atoms with van der Waals surface area (Å²) in [6, 6.07) is 21.5. The Bertz CT molecular complexity index is 1270. The Hall–Kier alpha value is -3.42. The highest BCUT2D eigenvalue weighted by Crippen LogP contribution is 2.40. The second-order valence-electron chi connectivity index (χ2n) is 8.34. The first-order chi connectivity index (χ1) is 16.9. The topological polar surface area (TPSA) is 76.1 Å². The first kappa shape index (κ1) is 24.7. The van der Waals surface area contributed by atoms with E-state index in [1.807, 2.05) is 49.4 Å². The zero-order chi connectivity index (χ0) is 24.9. The highest BCUT2D eigenvalue weighted by atomic mass is 79.9. The van der Waals surface area contributed by atoms with Crippen LogP contribution in [0, 0.1) is 6.92 Å². The van der Waals surface area contributed by atoms with E-state index in [0.29, 0.717) is 23.5 Å². The number of carbonyl (C=O) groups is 2. The number of ether oxygens (including phenoxy) is 2. The fraction of sp³-hybridized carbons (Fsp3) is 0.214. The van der Waals surface area contributed by atoms with E-state index in [1.165, 1.54) is 12.0 Å². The molecule has 3 aromatic rings. The molecule has 1 heterocycles. The van der Waals surface area contributed by atoms with Gasteiger partial charge in [-0.25, -0.2) is 0 Å². The van der Waals surface area contributed by atoms with Gasteiger partial charge in [0.15, 0.2) is 0 Å². The van der Waals surface area contributed by atoms with Crippen LogP contribution in [0.25, 0.3) is 5.76 Å². The van der Waals surface area contributed by atoms with Crippen LogP contribution in [-0.4, -0.2) is 42.0 Å². The highest BCUT2D eigenvalue weighted by molar-refractivity contribution is 9.10. The predicted molar refractivity (Wildman–Crippen MR) is 137 cm³/mol. The third kappa shape index (κ3) is 5.47. The molecule has 0 aliphatic carbocycles. The van der Waals surface area contributed by atoms with E-state index in [2.05, 4.69) is 22.0 Å². The number of Topliss-reactive ketones (excluding diaryl/α,β-unsaturated/α-hetero) is 1. The number of methoxy groups -OCH3 is 1. The Balaban J connectivity index is 1.64. The molecule has 180 valence electrons. The summed E-state index contributed by atoms with van der Waals surface area (Å²) in [5, 5.41) is 11.2. The third-order valence-corrected chi connectivity index (χ3v) is 6.35. The third-order valence-electron chi connectivity index (χ3n) is 5.86. The van der Waals surface area contributed by atoms with Gasteiger partial charge in [-0.3, -0.25) is 9.59 Å². The van der Waals surface area contributed by atoms with E-state index >= 15 is 0 Å². The van der Waals surface area contributed by atoms with Gasteiger partial charge in [0.2, 0.25) is 0 Å². The van der Waals surface area contributed by atoms with Crippen molar-refractivity contribution in [2.45, 2.75) is 19.6 Å². The number of halogens is 1. The summed E-state index contributed by atoms with van der Waals surface area (Å²) in [6.45, 7) is 2.94. The molecule has 1 saturated heterocycles. The van der Waals surface area contributed by atoms with E-state index in [1.54, 1.807) is 24.3 Å². The molecule has 1 atom stereocenters. The summed E-state index contributed by atoms with van der Waals surface area (Å²) >= 11 is 3.45. The molecule has 0 aromatic heterocycles. The van der Waals surface area contributed by atoms with Crippen LogP contribution in [0.4, 0.5) is 0 Å². The van der Waals surface area contributed by atoms with Crippen LogP contribution in [0.5, 0.6) is 5.75 Å². The number of ketones is 1. The van der Waals surface area contributed by atoms with E-state index in [-0.39, 0.29) is 24.5 Å². The summed E-state index contributed by atoms with van der Waals surface area (Å²) in [4.78, 5) is 27.3. The molecule has 1 aliphatic rings. The van der Waals surface area contributed by atoms with Gasteiger partial charge < -0.3 is 19.5 Å². The fourth-order valence-electron chi connectivity index (χ4n) is 4.16. The molecule has 3 aromatic carbocycles. The number of aryl methyl sites for hydroxylation is 1. The lowest BCUT2D eigenvalue weighted by Gasteiger charge is -2.25. The Morgan fingerprint density at radius 2 is 1.77 bits per heavy atom. The fourth-order valence-corrected chi connectivity index (χ4v) is 4.57. The monoisotopic (exact) mass is 535 g/mol. The quantitative estimate of drug-likeness (QED) is 0.237. The van der Waals surface area contributed by atoms with Gasteiger partial charge in [-0.05, 0) is 54.4 Å². The number of aliphatic hydroxyl groups excluding tert-OH is 1. The molecule has 1 amide bonds. The van der Waals surface area contributed by atoms with Gasteiger partial charge in [-0.1, -0.05) is 57.9 Å². The minimum atomic E-state index is -0.722. The van der Waals surface area contributed by atoms with Gasteiger partial charge >= 0.3 is 0 Å². The summed E-state index contributed by atoms with van der Waals surface area (Å²) in [5.41, 5.74) is 3.42. The van der Waals surface area contributed by atoms with Crippen LogP contribution in [0.3, 0.4) is 0 Å². The lowest BCUT2D eigenvalue weighted by Crippen LogP contribution is -2.32. The van der Waals surface area contributed by atoms with Crippen LogP contribution in [0.2, 0.25) is 0 Å². The Morgan fingerprint density at radius 1 is 1.03 bits per heavy atom. The van der Waals surface area contributed by atoms with Crippen LogP contribution >= 0.6 is 15.9 Å². The minimum Gasteiger partial charge on any atom is -0.507 e. The zero-order valence-corrected chi connectivity index (χ0v) is 21.1. The molecule has 0 radical (unpaired) electrons. The number of aliphatic hydroxyl groups is 1. The number of rotatable bonds is 8. The van der Waals surface area contributed by atoms with Gasteiger partial charge in [0.05, 0.1) is 18.2 Å². The van der Waals surface area contributed by atoms with Crippen molar-refractivity contribution in [3.05, 3.63) is 105 Å². The number of benzene rings is 3. The average molecular weight is 536 g/mol. The molecule has 0 bridgehead atoms. The summed E-state index contributed by atoms with van der Waals surface area (Å²) in [5.74, 6) is -0.972. The predicted octanol–water partition coefficient (Wildman–Crippen LogP) is 5.40. The molecule has 1 N–H and O–H groups in total. The standard InChI is InChI=1S/C28H26BrNO5/c1-18-5-3-6-19(15-18)17-35-23-11-9-20(10-12-23)26(31)24-25(21-7-4-8-22(29)16-21)30(13-14-34-2)28(33)27(24)32/h3-12,15-16,25,31H,13-14,17H2,1-2H3/t25-/m1/s1. The van der Waals surface area contributed by atoms with Gasteiger partial charge in [-0.15, -0.1) is 0 Å². The molecule has 0 saturated carbocycles. The largest absolute Gasteiger partial charge is 0.507 e. The molecule has 7 heteroatoms. The molecule has 0 unspecified atom stereocenters. The molecular formula is C28H26BrNO5. The average Bonchev–Trinajstić information content (AvgIpc) is 3.11. The molecule has 0 spiro atoms. The first-order valence-electron chi connectivity index (χ1n) is 11.2. The van der Waals surface area contributed by atoms with Gasteiger partial charge in [0, 0.05) is 23.7 Å². The van der Waals surface area contributed by atoms with Crippen molar-refractivity contribution in [2.75, 3.05) is 20.3 Å². The van der Waals surface area contributed by atoms with Crippen molar-refractivity contribution < 1.29 is 24.2 Å². The maximum absolute atomic E-state index is 13.0. The minimum absolute atomic E-state index is 0.0534. The molecule has 1 aliphatic heterocycles. The van der Waals surface area contributed by atoms with E-state index < -0.39 is 17.7 Å². The lowest BCUT2D eigenvalue weighted by molar-refractivity contribution is -0.140. The van der Waals surface area contributed by atoms with E-state index in [4.69, 9.17) is 9.47 Å². The Morgan fingerprint density at radius 3 is 2.46 bits per heavy atom. The van der Waals surface area contributed by atoms with Crippen molar-refractivity contribution >= 4 is 33.4 Å². The molecule has 1 fully saturated rings. The lowest BCUT2D eigenvalue weighted by atomic mass is 9.95.